The number of halogens is 3. The molecule has 0 aromatic carbocycles. The molecule has 4 rings (SSSR count). The van der Waals surface area contributed by atoms with E-state index >= 15 is 4.39 Å². The number of likely N-dealkylation sites (tertiary alicyclic amines) is 1. The van der Waals surface area contributed by atoms with Crippen LogP contribution in [-0.4, -0.2) is 52.5 Å². The van der Waals surface area contributed by atoms with E-state index in [1.165, 1.54) is 11.3 Å². The van der Waals surface area contributed by atoms with Crippen LogP contribution in [0.25, 0.3) is 0 Å². The molecule has 1 amide bonds. The summed E-state index contributed by atoms with van der Waals surface area (Å²) in [6.07, 6.45) is 1.73. The molecular formula is C18H19BrF2N4OS. The van der Waals surface area contributed by atoms with Gasteiger partial charge in [-0.3, -0.25) is 9.18 Å². The number of aryl methyl sites for hydroxylation is 1. The van der Waals surface area contributed by atoms with Gasteiger partial charge in [-0.15, -0.1) is 21.5 Å². The van der Waals surface area contributed by atoms with Gasteiger partial charge in [0.15, 0.2) is 5.67 Å². The van der Waals surface area contributed by atoms with Gasteiger partial charge in [-0.2, -0.15) is 0 Å². The van der Waals surface area contributed by atoms with Crippen molar-refractivity contribution < 1.29 is 13.6 Å². The highest BCUT2D eigenvalue weighted by molar-refractivity contribution is 9.10. The van der Waals surface area contributed by atoms with Crippen molar-refractivity contribution in [2.45, 2.75) is 31.0 Å². The van der Waals surface area contributed by atoms with E-state index in [2.05, 4.69) is 31.4 Å². The fourth-order valence-corrected chi connectivity index (χ4v) is 5.19. The van der Waals surface area contributed by atoms with E-state index in [-0.39, 0.29) is 18.4 Å². The van der Waals surface area contributed by atoms with Crippen molar-refractivity contribution in [2.24, 2.45) is 5.92 Å². The maximum atomic E-state index is 15.8. The fourth-order valence-electron chi connectivity index (χ4n) is 4.03. The van der Waals surface area contributed by atoms with Crippen LogP contribution in [-0.2, 0) is 6.42 Å². The first kappa shape index (κ1) is 18.7. The number of anilines is 1. The highest BCUT2D eigenvalue weighted by Gasteiger charge is 2.57. The molecule has 0 unspecified atom stereocenters. The summed E-state index contributed by atoms with van der Waals surface area (Å²) in [6.45, 7) is 0.0319. The Balaban J connectivity index is 1.46. The van der Waals surface area contributed by atoms with E-state index in [1.54, 1.807) is 29.2 Å². The predicted octanol–water partition coefficient (Wildman–Crippen LogP) is 3.87. The van der Waals surface area contributed by atoms with Crippen molar-refractivity contribution in [3.05, 3.63) is 38.6 Å². The van der Waals surface area contributed by atoms with Crippen molar-refractivity contribution >= 4 is 39.0 Å². The second-order valence-corrected chi connectivity index (χ2v) is 9.01. The maximum Gasteiger partial charge on any atom is 0.264 e. The first-order valence-corrected chi connectivity index (χ1v) is 10.5. The van der Waals surface area contributed by atoms with Gasteiger partial charge in [0.1, 0.15) is 10.4 Å². The topological polar surface area (TPSA) is 58.1 Å². The van der Waals surface area contributed by atoms with E-state index in [9.17, 15) is 9.18 Å². The normalized spacial score (nSPS) is 27.0. The number of carbonyl (C=O) groups is 1. The maximum absolute atomic E-state index is 15.8. The zero-order valence-electron chi connectivity index (χ0n) is 14.5. The van der Waals surface area contributed by atoms with Crippen LogP contribution >= 0.6 is 27.3 Å². The van der Waals surface area contributed by atoms with Crippen LogP contribution in [0.4, 0.5) is 14.6 Å². The molecule has 3 heterocycles. The third-order valence-electron chi connectivity index (χ3n) is 5.39. The Kier molecular flexibility index (Phi) is 5.15. The Morgan fingerprint density at radius 1 is 1.33 bits per heavy atom. The number of alkyl halides is 2. The van der Waals surface area contributed by atoms with Crippen LogP contribution in [0.15, 0.2) is 28.9 Å². The predicted molar refractivity (Wildman–Crippen MR) is 104 cm³/mol. The standard InChI is InChI=1S/C18H19BrF2N4OS/c19-15-5-6-16(24-23-15)22-14-4-1-11-9-25(10-18(11,14)21)17(26)13-3-2-12(27-13)7-8-20/h2-3,5-6,11,14H,1,4,7-10H2,(H,22,24)/t11-,14+,18-/m0/s1. The van der Waals surface area contributed by atoms with Gasteiger partial charge in [0, 0.05) is 23.8 Å². The molecule has 27 heavy (non-hydrogen) atoms. The molecule has 3 atom stereocenters. The largest absolute Gasteiger partial charge is 0.363 e. The van der Waals surface area contributed by atoms with Gasteiger partial charge in [0.2, 0.25) is 0 Å². The Morgan fingerprint density at radius 3 is 2.93 bits per heavy atom. The first-order chi connectivity index (χ1) is 13.0. The molecule has 2 fully saturated rings. The molecule has 0 bridgehead atoms. The number of rotatable bonds is 5. The summed E-state index contributed by atoms with van der Waals surface area (Å²) >= 11 is 4.52. The zero-order valence-corrected chi connectivity index (χ0v) is 16.9. The summed E-state index contributed by atoms with van der Waals surface area (Å²) in [6, 6.07) is 6.59. The Labute approximate surface area is 168 Å². The Morgan fingerprint density at radius 2 is 2.19 bits per heavy atom. The van der Waals surface area contributed by atoms with Gasteiger partial charge in [-0.25, -0.2) is 4.39 Å². The highest BCUT2D eigenvalue weighted by Crippen LogP contribution is 2.46. The van der Waals surface area contributed by atoms with Crippen LogP contribution in [0.1, 0.15) is 27.4 Å². The number of fused-ring (bicyclic) bond motifs is 1. The number of hydrogen-bond donors (Lipinski definition) is 1. The summed E-state index contributed by atoms with van der Waals surface area (Å²) in [4.78, 5) is 15.7. The SMILES string of the molecule is O=C(c1ccc(CCF)s1)N1C[C@@H]2CC[C@@H](Nc3ccc(Br)nn3)[C@]2(F)C1. The summed E-state index contributed by atoms with van der Waals surface area (Å²) in [5.74, 6) is 0.172. The first-order valence-electron chi connectivity index (χ1n) is 8.88. The summed E-state index contributed by atoms with van der Waals surface area (Å²) < 4.78 is 28.9. The second kappa shape index (κ2) is 7.43. The molecule has 144 valence electrons. The van der Waals surface area contributed by atoms with Gasteiger partial charge >= 0.3 is 0 Å². The molecule has 1 aliphatic heterocycles. The number of nitrogens with one attached hydrogen (secondary N) is 1. The molecule has 2 aliphatic rings. The third-order valence-corrected chi connectivity index (χ3v) is 6.95. The highest BCUT2D eigenvalue weighted by atomic mass is 79.9. The Bertz CT molecular complexity index is 833. The smallest absolute Gasteiger partial charge is 0.264 e. The molecule has 9 heteroatoms. The van der Waals surface area contributed by atoms with Crippen molar-refractivity contribution in [3.63, 3.8) is 0 Å². The second-order valence-electron chi connectivity index (χ2n) is 7.03. The monoisotopic (exact) mass is 456 g/mol. The van der Waals surface area contributed by atoms with Gasteiger partial charge < -0.3 is 10.2 Å². The van der Waals surface area contributed by atoms with E-state index in [0.717, 1.165) is 11.3 Å². The van der Waals surface area contributed by atoms with Crippen LogP contribution in [0.2, 0.25) is 0 Å². The number of hydrogen-bond acceptors (Lipinski definition) is 5. The van der Waals surface area contributed by atoms with Gasteiger partial charge in [0.05, 0.1) is 24.1 Å². The Hall–Kier alpha value is -1.61. The summed E-state index contributed by atoms with van der Waals surface area (Å²) in [7, 11) is 0. The van der Waals surface area contributed by atoms with Gasteiger partial charge in [0.25, 0.3) is 5.91 Å². The number of amides is 1. The molecule has 2 aromatic rings. The molecule has 1 saturated heterocycles. The van der Waals surface area contributed by atoms with Crippen molar-refractivity contribution in [1.82, 2.24) is 15.1 Å². The number of aromatic nitrogens is 2. The molecule has 1 N–H and O–H groups in total. The fraction of sp³-hybridized carbons (Fsp3) is 0.500. The van der Waals surface area contributed by atoms with E-state index in [0.29, 0.717) is 34.7 Å². The van der Waals surface area contributed by atoms with Crippen molar-refractivity contribution in [3.8, 4) is 0 Å². The molecule has 0 spiro atoms. The van der Waals surface area contributed by atoms with Gasteiger partial charge in [-0.05, 0) is 53.0 Å². The minimum absolute atomic E-state index is 0.0640. The molecule has 5 nitrogen and oxygen atoms in total. The van der Waals surface area contributed by atoms with Crippen LogP contribution in [0.3, 0.4) is 0 Å². The van der Waals surface area contributed by atoms with E-state index in [1.807, 2.05) is 0 Å². The molecule has 2 aromatic heterocycles. The van der Waals surface area contributed by atoms with Gasteiger partial charge in [-0.1, -0.05) is 0 Å². The lowest BCUT2D eigenvalue weighted by Crippen LogP contribution is -2.45. The van der Waals surface area contributed by atoms with Crippen LogP contribution < -0.4 is 5.32 Å². The quantitative estimate of drug-likeness (QED) is 0.741. The minimum atomic E-state index is -1.48. The van der Waals surface area contributed by atoms with Crippen LogP contribution in [0.5, 0.6) is 0 Å². The third kappa shape index (κ3) is 3.59. The van der Waals surface area contributed by atoms with Crippen LogP contribution in [0, 0.1) is 5.92 Å². The molecular weight excluding hydrogens is 438 g/mol. The molecule has 1 aliphatic carbocycles. The van der Waals surface area contributed by atoms with E-state index in [4.69, 9.17) is 0 Å². The zero-order chi connectivity index (χ0) is 19.0. The van der Waals surface area contributed by atoms with Crippen molar-refractivity contribution in [1.29, 1.82) is 0 Å². The molecule has 0 radical (unpaired) electrons. The minimum Gasteiger partial charge on any atom is -0.363 e. The summed E-state index contributed by atoms with van der Waals surface area (Å²) in [5.41, 5.74) is -1.48. The average Bonchev–Trinajstić information content (AvgIpc) is 3.32. The number of thiophene rings is 1. The molecule has 1 saturated carbocycles. The lowest BCUT2D eigenvalue weighted by Gasteiger charge is -2.28. The lowest BCUT2D eigenvalue weighted by molar-refractivity contribution is 0.0745. The summed E-state index contributed by atoms with van der Waals surface area (Å²) in [5, 5.41) is 11.1. The number of carbonyl (C=O) groups excluding carboxylic acids is 1. The lowest BCUT2D eigenvalue weighted by atomic mass is 9.94. The van der Waals surface area contributed by atoms with Crippen molar-refractivity contribution in [2.75, 3.05) is 25.1 Å². The van der Waals surface area contributed by atoms with E-state index < -0.39 is 18.4 Å². The average molecular weight is 457 g/mol. The number of nitrogens with zero attached hydrogens (tertiary/aromatic N) is 3.